The van der Waals surface area contributed by atoms with Crippen LogP contribution >= 0.6 is 0 Å². The molecule has 11 nitrogen and oxygen atoms in total. The van der Waals surface area contributed by atoms with Crippen LogP contribution in [0.1, 0.15) is 39.4 Å². The first kappa shape index (κ1) is 25.4. The molecule has 13 heteroatoms. The number of hydrogen-bond acceptors (Lipinski definition) is 8. The second kappa shape index (κ2) is 9.90. The van der Waals surface area contributed by atoms with Crippen molar-refractivity contribution in [3.63, 3.8) is 0 Å². The third-order valence-electron chi connectivity index (χ3n) is 5.99. The smallest absolute Gasteiger partial charge is 0.274 e. The molecule has 5 rings (SSSR count). The van der Waals surface area contributed by atoms with E-state index in [9.17, 15) is 18.8 Å². The second-order valence-corrected chi connectivity index (χ2v) is 8.98. The predicted octanol–water partition coefficient (Wildman–Crippen LogP) is 4.27. The van der Waals surface area contributed by atoms with Crippen molar-refractivity contribution in [3.8, 4) is 17.7 Å². The first-order valence-corrected chi connectivity index (χ1v) is 11.7. The Balaban J connectivity index is 1.48. The minimum Gasteiger partial charge on any atom is -0.343 e. The minimum absolute atomic E-state index is 0.0632. The van der Waals surface area contributed by atoms with E-state index in [2.05, 4.69) is 30.6 Å². The number of aromatic nitrogens is 7. The van der Waals surface area contributed by atoms with Crippen LogP contribution in [0.15, 0.2) is 48.8 Å². The van der Waals surface area contributed by atoms with Gasteiger partial charge in [0.1, 0.15) is 18.2 Å². The van der Waals surface area contributed by atoms with Crippen LogP contribution in [0.5, 0.6) is 0 Å². The summed E-state index contributed by atoms with van der Waals surface area (Å²) in [5.74, 6) is 0.521. The summed E-state index contributed by atoms with van der Waals surface area (Å²) in [7, 11) is 3.30. The van der Waals surface area contributed by atoms with Gasteiger partial charge in [0.15, 0.2) is 23.0 Å². The van der Waals surface area contributed by atoms with Crippen LogP contribution in [-0.4, -0.2) is 59.4 Å². The molecule has 1 aromatic carbocycles. The van der Waals surface area contributed by atoms with E-state index in [1.807, 2.05) is 18.2 Å². The highest BCUT2D eigenvalue weighted by molar-refractivity contribution is 5.93. The number of nitrogens with one attached hydrogen (secondary N) is 1. The van der Waals surface area contributed by atoms with Gasteiger partial charge in [0, 0.05) is 25.5 Å². The van der Waals surface area contributed by atoms with Crippen molar-refractivity contribution in [2.75, 3.05) is 19.4 Å². The van der Waals surface area contributed by atoms with Crippen molar-refractivity contribution in [1.29, 1.82) is 5.26 Å². The minimum atomic E-state index is -2.79. The number of pyridine rings is 1. The van der Waals surface area contributed by atoms with E-state index >= 15 is 0 Å². The molecule has 0 aliphatic carbocycles. The normalized spacial score (nSPS) is 11.1. The molecule has 1 N–H and O–H groups in total. The lowest BCUT2D eigenvalue weighted by molar-refractivity contribution is 0.0820. The van der Waals surface area contributed by atoms with Crippen LogP contribution in [0, 0.1) is 25.2 Å². The zero-order valence-corrected chi connectivity index (χ0v) is 21.4. The average Bonchev–Trinajstić information content (AvgIpc) is 3.50. The van der Waals surface area contributed by atoms with Crippen LogP contribution in [0.2, 0.25) is 0 Å². The topological polar surface area (TPSA) is 130 Å². The molecule has 0 bridgehead atoms. The number of fused-ring (bicyclic) bond motifs is 1. The van der Waals surface area contributed by atoms with Crippen molar-refractivity contribution >= 4 is 28.4 Å². The zero-order chi connectivity index (χ0) is 27.8. The van der Waals surface area contributed by atoms with Gasteiger partial charge >= 0.3 is 0 Å². The molecule has 0 saturated carbocycles. The number of halogens is 2. The number of hydrogen-bond donors (Lipinski definition) is 1. The van der Waals surface area contributed by atoms with Gasteiger partial charge in [0.25, 0.3) is 12.3 Å². The zero-order valence-electron chi connectivity index (χ0n) is 21.4. The SMILES string of the molecule is Cc1cc(Nc2ccc3c(c2)ncn3-c2ccc(C(F)F)c(-n3nc(C#N)cc3C)n2)nnc1C(=O)N(C)C. The van der Waals surface area contributed by atoms with E-state index < -0.39 is 6.43 Å². The van der Waals surface area contributed by atoms with Crippen molar-refractivity contribution in [2.24, 2.45) is 0 Å². The average molecular weight is 529 g/mol. The highest BCUT2D eigenvalue weighted by Crippen LogP contribution is 2.28. The number of carbonyl (C=O) groups is 1. The number of nitrogens with zero attached hydrogens (tertiary/aromatic N) is 9. The second-order valence-electron chi connectivity index (χ2n) is 8.98. The van der Waals surface area contributed by atoms with E-state index in [0.717, 1.165) is 0 Å². The quantitative estimate of drug-likeness (QED) is 0.346. The lowest BCUT2D eigenvalue weighted by Gasteiger charge is -2.13. The van der Waals surface area contributed by atoms with Crippen LogP contribution in [0.25, 0.3) is 22.7 Å². The molecular formula is C26H22F2N10O. The number of imidazole rings is 1. The number of anilines is 2. The monoisotopic (exact) mass is 528 g/mol. The number of carbonyl (C=O) groups excluding carboxylic acids is 1. The van der Waals surface area contributed by atoms with Crippen LogP contribution in [-0.2, 0) is 0 Å². The van der Waals surface area contributed by atoms with E-state index in [1.165, 1.54) is 27.8 Å². The summed E-state index contributed by atoms with van der Waals surface area (Å²) in [6.45, 7) is 3.45. The Hall–Kier alpha value is -5.25. The highest BCUT2D eigenvalue weighted by atomic mass is 19.3. The highest BCUT2D eigenvalue weighted by Gasteiger charge is 2.20. The van der Waals surface area contributed by atoms with Crippen molar-refractivity contribution in [2.45, 2.75) is 20.3 Å². The van der Waals surface area contributed by atoms with E-state index in [1.54, 1.807) is 51.0 Å². The molecule has 5 aromatic rings. The lowest BCUT2D eigenvalue weighted by Crippen LogP contribution is -2.24. The fraction of sp³-hybridized carbons (Fsp3) is 0.192. The number of rotatable bonds is 6. The third kappa shape index (κ3) is 4.75. The number of benzene rings is 1. The molecule has 0 aliphatic heterocycles. The maximum Gasteiger partial charge on any atom is 0.274 e. The van der Waals surface area contributed by atoms with Crippen LogP contribution in [0.3, 0.4) is 0 Å². The number of alkyl halides is 2. The van der Waals surface area contributed by atoms with Gasteiger partial charge in [-0.2, -0.15) is 10.4 Å². The maximum absolute atomic E-state index is 13.8. The molecule has 1 amide bonds. The molecule has 196 valence electrons. The third-order valence-corrected chi connectivity index (χ3v) is 5.99. The van der Waals surface area contributed by atoms with Gasteiger partial charge in [-0.3, -0.25) is 9.36 Å². The number of aryl methyl sites for hydroxylation is 2. The number of nitriles is 1. The van der Waals surface area contributed by atoms with Gasteiger partial charge in [-0.15, -0.1) is 10.2 Å². The molecule has 4 aromatic heterocycles. The summed E-state index contributed by atoms with van der Waals surface area (Å²) < 4.78 is 30.5. The van der Waals surface area contributed by atoms with E-state index in [4.69, 9.17) is 0 Å². The van der Waals surface area contributed by atoms with Crippen molar-refractivity contribution in [3.05, 3.63) is 77.0 Å². The Morgan fingerprint density at radius 1 is 1.10 bits per heavy atom. The molecular weight excluding hydrogens is 506 g/mol. The largest absolute Gasteiger partial charge is 0.343 e. The molecule has 0 fully saturated rings. The van der Waals surface area contributed by atoms with E-state index in [-0.39, 0.29) is 28.7 Å². The van der Waals surface area contributed by atoms with Crippen molar-refractivity contribution in [1.82, 2.24) is 39.4 Å². The summed E-state index contributed by atoms with van der Waals surface area (Å²) in [6, 6.07) is 13.3. The maximum atomic E-state index is 13.8. The van der Waals surface area contributed by atoms with Gasteiger partial charge in [0.05, 0.1) is 16.6 Å². The van der Waals surface area contributed by atoms with Crippen LogP contribution < -0.4 is 5.32 Å². The Morgan fingerprint density at radius 3 is 2.56 bits per heavy atom. The molecule has 0 spiro atoms. The molecule has 0 unspecified atom stereocenters. The molecule has 0 saturated heterocycles. The summed E-state index contributed by atoms with van der Waals surface area (Å²) in [5, 5.41) is 24.6. The van der Waals surface area contributed by atoms with Crippen molar-refractivity contribution < 1.29 is 13.6 Å². The summed E-state index contributed by atoms with van der Waals surface area (Å²) >= 11 is 0. The summed E-state index contributed by atoms with van der Waals surface area (Å²) in [5.41, 5.74) is 3.25. The predicted molar refractivity (Wildman–Crippen MR) is 138 cm³/mol. The first-order valence-electron chi connectivity index (χ1n) is 11.7. The summed E-state index contributed by atoms with van der Waals surface area (Å²) in [6.07, 6.45) is -1.24. The van der Waals surface area contributed by atoms with E-state index in [0.29, 0.717) is 39.6 Å². The fourth-order valence-corrected chi connectivity index (χ4v) is 4.06. The molecule has 0 radical (unpaired) electrons. The Bertz CT molecular complexity index is 1770. The van der Waals surface area contributed by atoms with Crippen LogP contribution in [0.4, 0.5) is 20.3 Å². The molecule has 39 heavy (non-hydrogen) atoms. The van der Waals surface area contributed by atoms with Gasteiger partial charge in [-0.05, 0) is 61.9 Å². The Morgan fingerprint density at radius 2 is 1.90 bits per heavy atom. The van der Waals surface area contributed by atoms with Gasteiger partial charge in [-0.25, -0.2) is 23.4 Å². The van der Waals surface area contributed by atoms with Gasteiger partial charge in [0.2, 0.25) is 0 Å². The molecule has 4 heterocycles. The molecule has 0 atom stereocenters. The lowest BCUT2D eigenvalue weighted by atomic mass is 10.2. The molecule has 0 aliphatic rings. The summed E-state index contributed by atoms with van der Waals surface area (Å²) in [4.78, 5) is 22.6. The number of amides is 1. The first-order chi connectivity index (χ1) is 18.7. The standard InChI is InChI=1S/C26H22F2N10O/c1-14-9-21(33-34-23(14)26(39)36(3)4)31-16-5-7-20-19(11-16)30-13-37(20)22-8-6-18(24(27)28)25(32-22)38-15(2)10-17(12-29)35-38/h5-11,13,24H,1-4H3,(H,31,33). The fourth-order valence-electron chi connectivity index (χ4n) is 4.06. The van der Waals surface area contributed by atoms with Gasteiger partial charge < -0.3 is 10.2 Å². The Labute approximate surface area is 221 Å². The van der Waals surface area contributed by atoms with Gasteiger partial charge in [-0.1, -0.05) is 0 Å². The Kier molecular flexibility index (Phi) is 6.45.